The molecule has 1 fully saturated rings. The number of nitrogens with zero attached hydrogens (tertiary/aromatic N) is 3. The van der Waals surface area contributed by atoms with Crippen molar-refractivity contribution in [2.75, 3.05) is 0 Å². The van der Waals surface area contributed by atoms with Crippen molar-refractivity contribution < 1.29 is 27.0 Å². The van der Waals surface area contributed by atoms with Crippen molar-refractivity contribution in [3.8, 4) is 45.3 Å². The Morgan fingerprint density at radius 3 is 1.18 bits per heavy atom. The van der Waals surface area contributed by atoms with Crippen molar-refractivity contribution in [1.29, 1.82) is 0 Å². The molecule has 1 aliphatic heterocycles. The minimum absolute atomic E-state index is 0.370. The zero-order valence-corrected chi connectivity index (χ0v) is 40.3. The summed E-state index contributed by atoms with van der Waals surface area (Å²) in [5.74, 6) is 1.91. The number of hydrogen-bond donors (Lipinski definition) is 0. The summed E-state index contributed by atoms with van der Waals surface area (Å²) >= 11 is 0. The van der Waals surface area contributed by atoms with Crippen LogP contribution in [0.4, 0.5) is 0 Å². The molecule has 0 unspecified atom stereocenters. The van der Waals surface area contributed by atoms with Gasteiger partial charge in [0.2, 0.25) is 0 Å². The highest BCUT2D eigenvalue weighted by Crippen LogP contribution is 2.41. The van der Waals surface area contributed by atoms with Crippen LogP contribution in [0.5, 0.6) is 0 Å². The maximum absolute atomic E-state index is 6.30. The molecule has 0 aliphatic carbocycles. The Morgan fingerprint density at radius 1 is 0.288 bits per heavy atom. The summed E-state index contributed by atoms with van der Waals surface area (Å²) in [7, 11) is -0.399. The van der Waals surface area contributed by atoms with Crippen molar-refractivity contribution in [3.05, 3.63) is 194 Å². The van der Waals surface area contributed by atoms with E-state index < -0.39 is 7.12 Å². The Kier molecular flexibility index (Phi) is 9.64. The predicted octanol–water partition coefficient (Wildman–Crippen LogP) is 16.1. The Labute approximate surface area is 418 Å². The zero-order chi connectivity index (χ0) is 49.0. The minimum atomic E-state index is -0.399. The van der Waals surface area contributed by atoms with E-state index in [9.17, 15) is 0 Å². The van der Waals surface area contributed by atoms with Gasteiger partial charge in [-0.25, -0.2) is 15.0 Å². The van der Waals surface area contributed by atoms with E-state index in [0.717, 1.165) is 121 Å². The van der Waals surface area contributed by atoms with Gasteiger partial charge in [-0.05, 0) is 105 Å². The van der Waals surface area contributed by atoms with Crippen LogP contribution >= 0.6 is 0 Å². The van der Waals surface area contributed by atoms with Crippen LogP contribution in [-0.4, -0.2) is 33.3 Å². The molecule has 5 aromatic heterocycles. The molecule has 0 spiro atoms. The first kappa shape index (κ1) is 43.0. The van der Waals surface area contributed by atoms with Gasteiger partial charge in [-0.15, -0.1) is 0 Å². The van der Waals surface area contributed by atoms with Gasteiger partial charge < -0.3 is 27.0 Å². The third-order valence-electron chi connectivity index (χ3n) is 14.6. The molecule has 73 heavy (non-hydrogen) atoms. The van der Waals surface area contributed by atoms with Gasteiger partial charge in [-0.3, -0.25) is 0 Å². The van der Waals surface area contributed by atoms with Crippen LogP contribution in [0.2, 0.25) is 0 Å². The molecule has 10 heteroatoms. The number of para-hydroxylation sites is 2. The average Bonchev–Trinajstić information content (AvgIpc) is 4.22. The molecule has 15 rings (SSSR count). The summed E-state index contributed by atoms with van der Waals surface area (Å²) < 4.78 is 37.2. The van der Waals surface area contributed by atoms with Crippen LogP contribution in [0.25, 0.3) is 133 Å². The van der Waals surface area contributed by atoms with Crippen molar-refractivity contribution >= 4 is 100 Å². The number of hydrogen-bond acceptors (Lipinski definition) is 9. The Hall–Kier alpha value is -8.83. The largest absolute Gasteiger partial charge is 0.494 e. The van der Waals surface area contributed by atoms with E-state index in [1.807, 2.05) is 121 Å². The molecule has 0 radical (unpaired) electrons. The lowest BCUT2D eigenvalue weighted by Gasteiger charge is -2.32. The Balaban J connectivity index is 0.000000147. The first-order chi connectivity index (χ1) is 35.6. The fraction of sp³-hybridized carbons (Fsp3) is 0.0952. The van der Waals surface area contributed by atoms with Gasteiger partial charge in [0.25, 0.3) is 0 Å². The topological polar surface area (TPSA) is 110 Å². The highest BCUT2D eigenvalue weighted by atomic mass is 16.7. The smallest absolute Gasteiger partial charge is 0.456 e. The van der Waals surface area contributed by atoms with Crippen molar-refractivity contribution in [2.45, 2.75) is 38.9 Å². The quantitative estimate of drug-likeness (QED) is 0.156. The Bertz CT molecular complexity index is 4400. The number of aromatic nitrogens is 3. The normalized spacial score (nSPS) is 14.4. The summed E-state index contributed by atoms with van der Waals surface area (Å²) in [4.78, 5) is 14.7. The first-order valence-corrected chi connectivity index (χ1v) is 24.5. The molecule has 6 heterocycles. The standard InChI is InChI=1S/C39H23N3O2.C24H21BO4/c1-3-10-24(11-4-1)37-40-38(25-12-5-2-6-13-25)42-39(41-37)28-15-9-14-26(20-28)27-18-19-34-30(21-27)32-23-35-31(22-36(32)44-34)29-16-7-8-17-33(29)43-35;1-23(2)24(3,4)29-25(28-23)14-9-10-20-16(11-14)18-13-21-17(12-22(18)27-20)15-7-5-6-8-19(15)26-21/h1-23H;5-13H,1-4H3. The molecule has 1 saturated heterocycles. The highest BCUT2D eigenvalue weighted by Gasteiger charge is 2.51. The number of benzene rings is 9. The number of rotatable bonds is 5. The van der Waals surface area contributed by atoms with Gasteiger partial charge in [-0.2, -0.15) is 0 Å². The molecule has 9 nitrogen and oxygen atoms in total. The van der Waals surface area contributed by atoms with Crippen molar-refractivity contribution in [1.82, 2.24) is 15.0 Å². The molecule has 0 atom stereocenters. The molecule has 0 bridgehead atoms. The number of fused-ring (bicyclic) bond motifs is 12. The first-order valence-electron chi connectivity index (χ1n) is 24.5. The highest BCUT2D eigenvalue weighted by molar-refractivity contribution is 6.62. The van der Waals surface area contributed by atoms with Gasteiger partial charge in [-0.1, -0.05) is 133 Å². The van der Waals surface area contributed by atoms with Crippen molar-refractivity contribution in [2.24, 2.45) is 0 Å². The fourth-order valence-corrected chi connectivity index (χ4v) is 10.1. The van der Waals surface area contributed by atoms with Gasteiger partial charge in [0.05, 0.1) is 11.2 Å². The lowest BCUT2D eigenvalue weighted by atomic mass is 9.78. The van der Waals surface area contributed by atoms with Crippen LogP contribution < -0.4 is 5.46 Å². The van der Waals surface area contributed by atoms with E-state index >= 15 is 0 Å². The van der Waals surface area contributed by atoms with Crippen LogP contribution in [0.15, 0.2) is 212 Å². The molecule has 1 aliphatic rings. The van der Waals surface area contributed by atoms with E-state index in [-0.39, 0.29) is 11.2 Å². The fourth-order valence-electron chi connectivity index (χ4n) is 10.1. The number of furan rings is 4. The van der Waals surface area contributed by atoms with Gasteiger partial charge in [0.1, 0.15) is 44.7 Å². The molecule has 9 aromatic carbocycles. The van der Waals surface area contributed by atoms with E-state index in [2.05, 4.69) is 100 Å². The zero-order valence-electron chi connectivity index (χ0n) is 40.3. The lowest BCUT2D eigenvalue weighted by Crippen LogP contribution is -2.41. The van der Waals surface area contributed by atoms with E-state index in [4.69, 9.17) is 41.9 Å². The molecule has 14 aromatic rings. The van der Waals surface area contributed by atoms with Crippen molar-refractivity contribution in [3.63, 3.8) is 0 Å². The average molecular weight is 950 g/mol. The molecular formula is C63H44BN3O6. The van der Waals surface area contributed by atoms with E-state index in [1.165, 1.54) is 0 Å². The Morgan fingerprint density at radius 2 is 0.658 bits per heavy atom. The van der Waals surface area contributed by atoms with Crippen LogP contribution in [-0.2, 0) is 9.31 Å². The third kappa shape index (κ3) is 7.28. The van der Waals surface area contributed by atoms with Crippen LogP contribution in [0, 0.1) is 0 Å². The molecule has 0 amide bonds. The second-order valence-corrected chi connectivity index (χ2v) is 19.8. The monoisotopic (exact) mass is 949 g/mol. The second kappa shape index (κ2) is 16.4. The van der Waals surface area contributed by atoms with E-state index in [0.29, 0.717) is 17.5 Å². The summed E-state index contributed by atoms with van der Waals surface area (Å²) in [6.07, 6.45) is 0. The molecule has 350 valence electrons. The summed E-state index contributed by atoms with van der Waals surface area (Å²) in [6.45, 7) is 8.27. The van der Waals surface area contributed by atoms with E-state index in [1.54, 1.807) is 0 Å². The predicted molar refractivity (Wildman–Crippen MR) is 293 cm³/mol. The van der Waals surface area contributed by atoms with Gasteiger partial charge >= 0.3 is 7.12 Å². The lowest BCUT2D eigenvalue weighted by molar-refractivity contribution is 0.00578. The minimum Gasteiger partial charge on any atom is -0.456 e. The van der Waals surface area contributed by atoms with Gasteiger partial charge in [0, 0.05) is 59.8 Å². The maximum Gasteiger partial charge on any atom is 0.494 e. The van der Waals surface area contributed by atoms with Gasteiger partial charge in [0.15, 0.2) is 17.5 Å². The SMILES string of the molecule is CC1(C)OB(c2ccc3oc4cc5c(cc4c3c2)oc2ccccc25)OC1(C)C.c1ccc(-c2nc(-c3ccccc3)nc(-c3cccc(-c4ccc5oc6cc7c(cc6c5c4)oc4ccccc47)c3)n2)cc1. The summed E-state index contributed by atoms with van der Waals surface area (Å²) in [6, 6.07) is 65.4. The van der Waals surface area contributed by atoms with Crippen LogP contribution in [0.3, 0.4) is 0 Å². The molecular weight excluding hydrogens is 906 g/mol. The molecule has 0 saturated carbocycles. The summed E-state index contributed by atoms with van der Waals surface area (Å²) in [5.41, 5.74) is 12.1. The molecule has 0 N–H and O–H groups in total. The second-order valence-electron chi connectivity index (χ2n) is 19.8. The summed E-state index contributed by atoms with van der Waals surface area (Å²) in [5, 5.41) is 8.46. The van der Waals surface area contributed by atoms with Crippen LogP contribution in [0.1, 0.15) is 27.7 Å². The maximum atomic E-state index is 6.30. The third-order valence-corrected chi connectivity index (χ3v) is 14.6.